The summed E-state index contributed by atoms with van der Waals surface area (Å²) in [5, 5.41) is 0. The minimum absolute atomic E-state index is 0.0110. The first-order chi connectivity index (χ1) is 14.5. The van der Waals surface area contributed by atoms with Crippen LogP contribution < -0.4 is 9.47 Å². The van der Waals surface area contributed by atoms with E-state index >= 15 is 0 Å². The third-order valence-corrected chi connectivity index (χ3v) is 4.84. The number of benzene rings is 1. The molecule has 0 saturated heterocycles. The van der Waals surface area contributed by atoms with Gasteiger partial charge in [-0.1, -0.05) is 25.8 Å². The molecule has 1 aliphatic carbocycles. The minimum Gasteiger partial charge on any atom is -0.459 e. The van der Waals surface area contributed by atoms with Crippen molar-refractivity contribution >= 4 is 17.9 Å². The van der Waals surface area contributed by atoms with Gasteiger partial charge in [-0.15, -0.1) is 0 Å². The van der Waals surface area contributed by atoms with E-state index in [-0.39, 0.29) is 34.6 Å². The lowest BCUT2D eigenvalue weighted by atomic mass is 9.81. The third-order valence-electron chi connectivity index (χ3n) is 4.84. The number of rotatable bonds is 7. The van der Waals surface area contributed by atoms with Gasteiger partial charge in [0.1, 0.15) is 12.3 Å². The average molecular weight is 430 g/mol. The minimum atomic E-state index is -1.27. The molecule has 0 aliphatic heterocycles. The predicted octanol–water partition coefficient (Wildman–Crippen LogP) is 4.74. The molecule has 166 valence electrons. The molecule has 1 aromatic rings. The fourth-order valence-electron chi connectivity index (χ4n) is 3.11. The molecule has 0 heterocycles. The Hall–Kier alpha value is -3.22. The number of alkyl halides is 1. The van der Waals surface area contributed by atoms with Crippen molar-refractivity contribution in [2.75, 3.05) is 0 Å². The maximum absolute atomic E-state index is 14.9. The summed E-state index contributed by atoms with van der Waals surface area (Å²) in [6.45, 7) is 15.1. The van der Waals surface area contributed by atoms with Crippen LogP contribution in [-0.2, 0) is 19.1 Å². The molecule has 0 amide bonds. The van der Waals surface area contributed by atoms with Gasteiger partial charge in [-0.05, 0) is 51.3 Å². The molecule has 0 radical (unpaired) electrons. The average Bonchev–Trinajstić information content (AvgIpc) is 2.69. The van der Waals surface area contributed by atoms with Crippen LogP contribution in [0.2, 0.25) is 0 Å². The van der Waals surface area contributed by atoms with Crippen LogP contribution in [0.3, 0.4) is 0 Å². The predicted molar refractivity (Wildman–Crippen MR) is 114 cm³/mol. The topological polar surface area (TPSA) is 78.9 Å². The zero-order valence-electron chi connectivity index (χ0n) is 18.0. The molecule has 2 rings (SSSR count). The first kappa shape index (κ1) is 24.1. The molecule has 0 spiro atoms. The van der Waals surface area contributed by atoms with E-state index in [1.54, 1.807) is 6.07 Å². The molecule has 1 saturated carbocycles. The van der Waals surface area contributed by atoms with Crippen molar-refractivity contribution in [3.8, 4) is 11.5 Å². The van der Waals surface area contributed by atoms with Gasteiger partial charge in [0.25, 0.3) is 0 Å². The maximum atomic E-state index is 14.9. The van der Waals surface area contributed by atoms with E-state index in [2.05, 4.69) is 19.7 Å². The smallest absolute Gasteiger partial charge is 0.338 e. The second-order valence-corrected chi connectivity index (χ2v) is 7.79. The largest absolute Gasteiger partial charge is 0.459 e. The summed E-state index contributed by atoms with van der Waals surface area (Å²) >= 11 is 0. The lowest BCUT2D eigenvalue weighted by Crippen LogP contribution is -2.31. The highest BCUT2D eigenvalue weighted by Gasteiger charge is 2.34. The van der Waals surface area contributed by atoms with Crippen LogP contribution in [0, 0.1) is 0 Å². The number of esters is 3. The Morgan fingerprint density at radius 1 is 0.871 bits per heavy atom. The Morgan fingerprint density at radius 2 is 1.42 bits per heavy atom. The van der Waals surface area contributed by atoms with Crippen LogP contribution in [0.15, 0.2) is 54.7 Å². The van der Waals surface area contributed by atoms with Gasteiger partial charge in [-0.25, -0.2) is 18.8 Å². The van der Waals surface area contributed by atoms with E-state index in [0.29, 0.717) is 18.4 Å². The molecule has 1 aliphatic rings. The zero-order chi connectivity index (χ0) is 23.3. The molecule has 7 heteroatoms. The molecule has 0 N–H and O–H groups in total. The van der Waals surface area contributed by atoms with Crippen LogP contribution in [0.1, 0.15) is 51.5 Å². The molecular formula is C24H27FO6. The molecule has 6 nitrogen and oxygen atoms in total. The van der Waals surface area contributed by atoms with Crippen molar-refractivity contribution in [2.45, 2.75) is 58.2 Å². The van der Waals surface area contributed by atoms with Crippen LogP contribution in [-0.4, -0.2) is 30.2 Å². The van der Waals surface area contributed by atoms with E-state index in [0.717, 1.165) is 0 Å². The first-order valence-corrected chi connectivity index (χ1v) is 9.89. The molecule has 0 bridgehead atoms. The summed E-state index contributed by atoms with van der Waals surface area (Å²) < 4.78 is 30.8. The van der Waals surface area contributed by atoms with E-state index in [9.17, 15) is 18.8 Å². The molecule has 3 unspecified atom stereocenters. The Balaban J connectivity index is 2.24. The van der Waals surface area contributed by atoms with Crippen molar-refractivity contribution in [1.82, 2.24) is 0 Å². The highest BCUT2D eigenvalue weighted by atomic mass is 19.1. The Kier molecular flexibility index (Phi) is 7.91. The van der Waals surface area contributed by atoms with Gasteiger partial charge in [-0.3, -0.25) is 0 Å². The van der Waals surface area contributed by atoms with E-state index in [1.807, 2.05) is 0 Å². The first-order valence-electron chi connectivity index (χ1n) is 9.89. The summed E-state index contributed by atoms with van der Waals surface area (Å²) in [5.74, 6) is -2.39. The van der Waals surface area contributed by atoms with Crippen LogP contribution in [0.4, 0.5) is 4.39 Å². The number of carbonyl (C=O) groups is 3. The summed E-state index contributed by atoms with van der Waals surface area (Å²) in [4.78, 5) is 35.6. The van der Waals surface area contributed by atoms with Gasteiger partial charge in [0.2, 0.25) is 0 Å². The molecular weight excluding hydrogens is 403 g/mol. The van der Waals surface area contributed by atoms with Crippen LogP contribution in [0.5, 0.6) is 11.5 Å². The quantitative estimate of drug-likeness (QED) is 0.353. The van der Waals surface area contributed by atoms with Gasteiger partial charge in [-0.2, -0.15) is 0 Å². The van der Waals surface area contributed by atoms with E-state index in [1.165, 1.54) is 32.9 Å². The molecule has 31 heavy (non-hydrogen) atoms. The summed E-state index contributed by atoms with van der Waals surface area (Å²) in [6.07, 6.45) is -0.834. The molecule has 1 fully saturated rings. The summed E-state index contributed by atoms with van der Waals surface area (Å²) in [7, 11) is 0. The Bertz CT molecular complexity index is 932. The lowest BCUT2D eigenvalue weighted by Gasteiger charge is -2.32. The summed E-state index contributed by atoms with van der Waals surface area (Å²) in [5.41, 5.74) is 1.18. The number of carbonyl (C=O) groups excluding carboxylic acids is 3. The Labute approximate surface area is 181 Å². The molecule has 1 aromatic carbocycles. The standard InChI is InChI=1S/C24H27FO6/c1-13(2)22(26)29-17-8-9-18(19(25)12-17)16-7-10-20(30-23(27)14(3)4)21(11-16)31-24(28)15(5)6/h7,10-11,17-19H,1,3,5,8-9,12H2,2,4,6H3. The van der Waals surface area contributed by atoms with Crippen molar-refractivity contribution in [3.63, 3.8) is 0 Å². The normalized spacial score (nSPS) is 20.3. The van der Waals surface area contributed by atoms with E-state index < -0.39 is 36.1 Å². The van der Waals surface area contributed by atoms with Crippen LogP contribution >= 0.6 is 0 Å². The zero-order valence-corrected chi connectivity index (χ0v) is 18.0. The van der Waals surface area contributed by atoms with Gasteiger partial charge in [0.15, 0.2) is 11.5 Å². The maximum Gasteiger partial charge on any atom is 0.338 e. The van der Waals surface area contributed by atoms with Crippen molar-refractivity contribution in [2.24, 2.45) is 0 Å². The Morgan fingerprint density at radius 3 is 1.94 bits per heavy atom. The van der Waals surface area contributed by atoms with Gasteiger partial charge in [0.05, 0.1) is 0 Å². The van der Waals surface area contributed by atoms with E-state index in [4.69, 9.17) is 14.2 Å². The van der Waals surface area contributed by atoms with Crippen molar-refractivity contribution < 1.29 is 33.0 Å². The highest BCUT2D eigenvalue weighted by Crippen LogP contribution is 2.40. The molecule has 3 atom stereocenters. The van der Waals surface area contributed by atoms with Gasteiger partial charge in [0, 0.05) is 29.1 Å². The van der Waals surface area contributed by atoms with Gasteiger partial charge >= 0.3 is 17.9 Å². The fourth-order valence-corrected chi connectivity index (χ4v) is 3.11. The number of hydrogen-bond donors (Lipinski definition) is 0. The highest BCUT2D eigenvalue weighted by molar-refractivity contribution is 5.91. The number of hydrogen-bond acceptors (Lipinski definition) is 6. The third kappa shape index (κ3) is 6.38. The molecule has 0 aromatic heterocycles. The number of halogens is 1. The summed E-state index contributed by atoms with van der Waals surface area (Å²) in [6, 6.07) is 4.56. The van der Waals surface area contributed by atoms with Crippen molar-refractivity contribution in [1.29, 1.82) is 0 Å². The van der Waals surface area contributed by atoms with Crippen molar-refractivity contribution in [3.05, 3.63) is 60.2 Å². The second-order valence-electron chi connectivity index (χ2n) is 7.79. The van der Waals surface area contributed by atoms with Gasteiger partial charge < -0.3 is 14.2 Å². The SMILES string of the molecule is C=C(C)C(=O)Oc1ccc(C2CCC(OC(=O)C(=C)C)CC2F)cc1OC(=O)C(=C)C. The number of ether oxygens (including phenoxy) is 3. The van der Waals surface area contributed by atoms with Crippen LogP contribution in [0.25, 0.3) is 0 Å². The lowest BCUT2D eigenvalue weighted by molar-refractivity contribution is -0.146. The second kappa shape index (κ2) is 10.2. The fraction of sp³-hybridized carbons (Fsp3) is 0.375. The monoisotopic (exact) mass is 430 g/mol.